The maximum atomic E-state index is 11.1. The molecule has 1 saturated heterocycles. The standard InChI is InChI=1S/C27H31N3O/c1-26-9-3-4-10-27(26)11-13-30(2)25(26)16-19-15-23(24(31)17-21(19)27)29-20-7-8-22-18(14-20)6-5-12-28-22/h5-8,12,14-15,17,25,29,31H,3-4,9-11,13,16H2,1-2H3/t25-,26+,27+/m0/s1. The minimum absolute atomic E-state index is 0.209. The molecule has 0 amide bonds. The van der Waals surface area contributed by atoms with Gasteiger partial charge in [0.05, 0.1) is 11.2 Å². The third kappa shape index (κ3) is 2.67. The number of nitrogens with one attached hydrogen (secondary N) is 1. The molecule has 0 radical (unpaired) electrons. The number of pyridine rings is 1. The van der Waals surface area contributed by atoms with E-state index in [0.717, 1.165) is 35.2 Å². The van der Waals surface area contributed by atoms with Crippen molar-refractivity contribution >= 4 is 22.3 Å². The summed E-state index contributed by atoms with van der Waals surface area (Å²) < 4.78 is 0. The Balaban J connectivity index is 1.43. The molecule has 6 rings (SSSR count). The number of phenols is 1. The quantitative estimate of drug-likeness (QED) is 0.524. The highest BCUT2D eigenvalue weighted by atomic mass is 16.3. The molecule has 2 bridgehead atoms. The largest absolute Gasteiger partial charge is 0.506 e. The van der Waals surface area contributed by atoms with Gasteiger partial charge >= 0.3 is 0 Å². The van der Waals surface area contributed by atoms with Gasteiger partial charge < -0.3 is 15.3 Å². The number of likely N-dealkylation sites (N-methyl/N-ethyl adjacent to an activating group) is 1. The Morgan fingerprint density at radius 1 is 1.10 bits per heavy atom. The molecule has 2 fully saturated rings. The molecule has 3 aromatic rings. The van der Waals surface area contributed by atoms with E-state index in [2.05, 4.69) is 53.4 Å². The van der Waals surface area contributed by atoms with E-state index in [-0.39, 0.29) is 5.41 Å². The summed E-state index contributed by atoms with van der Waals surface area (Å²) in [7, 11) is 2.31. The second-order valence-corrected chi connectivity index (χ2v) is 10.2. The lowest BCUT2D eigenvalue weighted by molar-refractivity contribution is -0.0735. The van der Waals surface area contributed by atoms with E-state index < -0.39 is 0 Å². The van der Waals surface area contributed by atoms with Crippen LogP contribution < -0.4 is 5.32 Å². The summed E-state index contributed by atoms with van der Waals surface area (Å²) in [5.41, 5.74) is 6.11. The van der Waals surface area contributed by atoms with Crippen molar-refractivity contribution in [1.29, 1.82) is 0 Å². The minimum Gasteiger partial charge on any atom is -0.506 e. The number of aromatic nitrogens is 1. The molecule has 2 heterocycles. The average Bonchev–Trinajstić information content (AvgIpc) is 2.77. The van der Waals surface area contributed by atoms with Crippen LogP contribution in [0.15, 0.2) is 48.7 Å². The summed E-state index contributed by atoms with van der Waals surface area (Å²) in [6.45, 7) is 3.69. The number of benzene rings is 2. The van der Waals surface area contributed by atoms with Gasteiger partial charge in [0.15, 0.2) is 0 Å². The normalized spacial score (nSPS) is 29.9. The van der Waals surface area contributed by atoms with Gasteiger partial charge in [0.2, 0.25) is 0 Å². The van der Waals surface area contributed by atoms with E-state index in [1.165, 1.54) is 43.2 Å². The molecular formula is C27H31N3O. The molecule has 2 N–H and O–H groups in total. The number of phenolic OH excluding ortho intramolecular Hbond substituents is 1. The molecule has 0 spiro atoms. The predicted molar refractivity (Wildman–Crippen MR) is 126 cm³/mol. The zero-order chi connectivity index (χ0) is 21.2. The number of anilines is 2. The molecule has 1 aromatic heterocycles. The first-order valence-electron chi connectivity index (χ1n) is 11.7. The molecule has 2 aromatic carbocycles. The Hall–Kier alpha value is -2.59. The second kappa shape index (κ2) is 6.70. The maximum absolute atomic E-state index is 11.1. The topological polar surface area (TPSA) is 48.4 Å². The van der Waals surface area contributed by atoms with E-state index >= 15 is 0 Å². The first kappa shape index (κ1) is 19.1. The Morgan fingerprint density at radius 3 is 2.87 bits per heavy atom. The van der Waals surface area contributed by atoms with Gasteiger partial charge in [-0.3, -0.25) is 4.98 Å². The molecule has 160 valence electrons. The van der Waals surface area contributed by atoms with Gasteiger partial charge in [-0.15, -0.1) is 0 Å². The van der Waals surface area contributed by atoms with Crippen LogP contribution in [-0.4, -0.2) is 34.6 Å². The lowest BCUT2D eigenvalue weighted by atomic mass is 9.45. The zero-order valence-corrected chi connectivity index (χ0v) is 18.5. The monoisotopic (exact) mass is 413 g/mol. The van der Waals surface area contributed by atoms with Crippen LogP contribution >= 0.6 is 0 Å². The van der Waals surface area contributed by atoms with Crippen molar-refractivity contribution in [3.63, 3.8) is 0 Å². The van der Waals surface area contributed by atoms with Crippen LogP contribution in [0.3, 0.4) is 0 Å². The smallest absolute Gasteiger partial charge is 0.139 e. The van der Waals surface area contributed by atoms with Gasteiger partial charge in [-0.25, -0.2) is 0 Å². The van der Waals surface area contributed by atoms with Gasteiger partial charge in [0, 0.05) is 28.7 Å². The molecule has 4 heteroatoms. The SMILES string of the molecule is CN1CC[C@@]23CCCC[C@]2(C)[C@@H]1Cc1cc(Nc2ccc4ncccc4c2)c(O)cc13. The number of hydrogen-bond donors (Lipinski definition) is 2. The van der Waals surface area contributed by atoms with E-state index in [0.29, 0.717) is 17.2 Å². The number of rotatable bonds is 2. The lowest BCUT2D eigenvalue weighted by Gasteiger charge is -2.65. The molecule has 4 nitrogen and oxygen atoms in total. The van der Waals surface area contributed by atoms with Gasteiger partial charge in [-0.05, 0) is 92.2 Å². The Kier molecular flexibility index (Phi) is 4.13. The molecule has 31 heavy (non-hydrogen) atoms. The molecule has 2 aliphatic carbocycles. The fourth-order valence-electron chi connectivity index (χ4n) is 7.17. The van der Waals surface area contributed by atoms with Gasteiger partial charge in [-0.1, -0.05) is 25.8 Å². The van der Waals surface area contributed by atoms with Crippen molar-refractivity contribution in [1.82, 2.24) is 9.88 Å². The van der Waals surface area contributed by atoms with E-state index in [9.17, 15) is 5.11 Å². The molecule has 1 aliphatic heterocycles. The summed E-state index contributed by atoms with van der Waals surface area (Å²) in [4.78, 5) is 7.01. The second-order valence-electron chi connectivity index (χ2n) is 10.2. The first-order valence-corrected chi connectivity index (χ1v) is 11.7. The summed E-state index contributed by atoms with van der Waals surface area (Å²) in [6.07, 6.45) is 9.28. The highest BCUT2D eigenvalue weighted by Crippen LogP contribution is 2.63. The number of piperidine rings is 1. The van der Waals surface area contributed by atoms with Crippen molar-refractivity contribution in [2.45, 2.75) is 56.9 Å². The maximum Gasteiger partial charge on any atom is 0.139 e. The molecule has 1 saturated carbocycles. The number of aromatic hydroxyl groups is 1. The van der Waals surface area contributed by atoms with Crippen LogP contribution in [0.5, 0.6) is 5.75 Å². The number of likely N-dealkylation sites (tertiary alicyclic amines) is 1. The van der Waals surface area contributed by atoms with E-state index in [1.807, 2.05) is 24.4 Å². The summed E-state index contributed by atoms with van der Waals surface area (Å²) in [6, 6.07) is 15.1. The van der Waals surface area contributed by atoms with Crippen molar-refractivity contribution < 1.29 is 5.11 Å². The van der Waals surface area contributed by atoms with E-state index in [1.54, 1.807) is 0 Å². The highest BCUT2D eigenvalue weighted by Gasteiger charge is 2.60. The van der Waals surface area contributed by atoms with Crippen LogP contribution in [0, 0.1) is 5.41 Å². The summed E-state index contributed by atoms with van der Waals surface area (Å²) >= 11 is 0. The Morgan fingerprint density at radius 2 is 1.97 bits per heavy atom. The minimum atomic E-state index is 0.209. The number of nitrogens with zero attached hydrogens (tertiary/aromatic N) is 2. The summed E-state index contributed by atoms with van der Waals surface area (Å²) in [5, 5.41) is 15.7. The van der Waals surface area contributed by atoms with Gasteiger partial charge in [-0.2, -0.15) is 0 Å². The lowest BCUT2D eigenvalue weighted by Crippen LogP contribution is -2.66. The van der Waals surface area contributed by atoms with Crippen molar-refractivity contribution in [3.05, 3.63) is 59.8 Å². The Bertz CT molecular complexity index is 1170. The number of fused-ring (bicyclic) bond motifs is 2. The van der Waals surface area contributed by atoms with E-state index in [4.69, 9.17) is 0 Å². The van der Waals surface area contributed by atoms with Crippen LogP contribution in [-0.2, 0) is 11.8 Å². The molecular weight excluding hydrogens is 382 g/mol. The fraction of sp³-hybridized carbons (Fsp3) is 0.444. The van der Waals surface area contributed by atoms with Crippen LogP contribution in [0.1, 0.15) is 50.2 Å². The number of hydrogen-bond acceptors (Lipinski definition) is 4. The van der Waals surface area contributed by atoms with Gasteiger partial charge in [0.25, 0.3) is 0 Å². The zero-order valence-electron chi connectivity index (χ0n) is 18.5. The van der Waals surface area contributed by atoms with Crippen molar-refractivity contribution in [2.75, 3.05) is 18.9 Å². The van der Waals surface area contributed by atoms with Crippen molar-refractivity contribution in [3.8, 4) is 5.75 Å². The fourth-order valence-corrected chi connectivity index (χ4v) is 7.17. The summed E-state index contributed by atoms with van der Waals surface area (Å²) in [5.74, 6) is 0.365. The molecule has 3 atom stereocenters. The van der Waals surface area contributed by atoms with Crippen molar-refractivity contribution in [2.24, 2.45) is 5.41 Å². The average molecular weight is 414 g/mol. The predicted octanol–water partition coefficient (Wildman–Crippen LogP) is 5.76. The Labute approximate surface area is 184 Å². The third-order valence-corrected chi connectivity index (χ3v) is 8.83. The van der Waals surface area contributed by atoms with Crippen LogP contribution in [0.25, 0.3) is 10.9 Å². The van der Waals surface area contributed by atoms with Crippen LogP contribution in [0.2, 0.25) is 0 Å². The van der Waals surface area contributed by atoms with Gasteiger partial charge in [0.1, 0.15) is 5.75 Å². The third-order valence-electron chi connectivity index (χ3n) is 8.83. The highest BCUT2D eigenvalue weighted by molar-refractivity contribution is 5.84. The molecule has 3 aliphatic rings. The van der Waals surface area contributed by atoms with Crippen LogP contribution in [0.4, 0.5) is 11.4 Å². The first-order chi connectivity index (χ1) is 15.0. The molecule has 0 unspecified atom stereocenters.